The molecule has 1 N–H and O–H groups in total. The summed E-state index contributed by atoms with van der Waals surface area (Å²) in [6.45, 7) is 0. The highest BCUT2D eigenvalue weighted by atomic mass is 16.5. The van der Waals surface area contributed by atoms with Crippen molar-refractivity contribution in [2.45, 2.75) is 25.7 Å². The fourth-order valence-corrected chi connectivity index (χ4v) is 3.35. The average Bonchev–Trinajstić information content (AvgIpc) is 3.13. The van der Waals surface area contributed by atoms with Gasteiger partial charge >= 0.3 is 0 Å². The van der Waals surface area contributed by atoms with Gasteiger partial charge in [-0.3, -0.25) is 4.79 Å². The van der Waals surface area contributed by atoms with Crippen LogP contribution in [-0.2, 0) is 4.79 Å². The molecule has 2 saturated carbocycles. The van der Waals surface area contributed by atoms with Gasteiger partial charge in [0.05, 0.1) is 12.8 Å². The molecular formula is C15H19NO2. The van der Waals surface area contributed by atoms with E-state index in [0.717, 1.165) is 11.4 Å². The van der Waals surface area contributed by atoms with Crippen LogP contribution >= 0.6 is 0 Å². The lowest BCUT2D eigenvalue weighted by molar-refractivity contribution is -0.117. The zero-order valence-corrected chi connectivity index (χ0v) is 10.7. The van der Waals surface area contributed by atoms with Crippen LogP contribution in [0.2, 0.25) is 0 Å². The van der Waals surface area contributed by atoms with E-state index >= 15 is 0 Å². The maximum atomic E-state index is 12.2. The number of anilines is 1. The minimum absolute atomic E-state index is 0.177. The van der Waals surface area contributed by atoms with E-state index in [4.69, 9.17) is 4.74 Å². The number of hydrogen-bond acceptors (Lipinski definition) is 2. The SMILES string of the molecule is COc1ccccc1NC(=O)C1[C@@H]2CCCC[C@@H]12. The molecule has 0 radical (unpaired) electrons. The van der Waals surface area contributed by atoms with Crippen LogP contribution in [0.4, 0.5) is 5.69 Å². The smallest absolute Gasteiger partial charge is 0.228 e. The van der Waals surface area contributed by atoms with Crippen LogP contribution in [0.5, 0.6) is 5.75 Å². The Kier molecular flexibility index (Phi) is 2.98. The van der Waals surface area contributed by atoms with Crippen molar-refractivity contribution < 1.29 is 9.53 Å². The Hall–Kier alpha value is -1.51. The first-order valence-corrected chi connectivity index (χ1v) is 6.75. The molecule has 3 heteroatoms. The molecule has 3 rings (SSSR count). The highest BCUT2D eigenvalue weighted by Crippen LogP contribution is 2.55. The third-order valence-electron chi connectivity index (χ3n) is 4.32. The molecule has 2 aliphatic rings. The first-order valence-electron chi connectivity index (χ1n) is 6.75. The number of ether oxygens (including phenoxy) is 1. The molecule has 18 heavy (non-hydrogen) atoms. The Morgan fingerprint density at radius 3 is 2.56 bits per heavy atom. The van der Waals surface area contributed by atoms with Crippen LogP contribution < -0.4 is 10.1 Å². The lowest BCUT2D eigenvalue weighted by Crippen LogP contribution is -2.16. The summed E-state index contributed by atoms with van der Waals surface area (Å²) in [5, 5.41) is 3.02. The summed E-state index contributed by atoms with van der Waals surface area (Å²) in [6.07, 6.45) is 5.04. The molecule has 3 nitrogen and oxygen atoms in total. The first-order chi connectivity index (χ1) is 8.81. The molecular weight excluding hydrogens is 226 g/mol. The molecule has 0 heterocycles. The van der Waals surface area contributed by atoms with Crippen molar-refractivity contribution in [3.8, 4) is 5.75 Å². The van der Waals surface area contributed by atoms with E-state index in [-0.39, 0.29) is 11.8 Å². The minimum Gasteiger partial charge on any atom is -0.495 e. The molecule has 0 aliphatic heterocycles. The maximum absolute atomic E-state index is 12.2. The van der Waals surface area contributed by atoms with Gasteiger partial charge in [0.25, 0.3) is 0 Å². The van der Waals surface area contributed by atoms with Gasteiger partial charge in [0.15, 0.2) is 0 Å². The second-order valence-corrected chi connectivity index (χ2v) is 5.33. The zero-order chi connectivity index (χ0) is 12.5. The fourth-order valence-electron chi connectivity index (χ4n) is 3.35. The summed E-state index contributed by atoms with van der Waals surface area (Å²) in [6, 6.07) is 7.59. The summed E-state index contributed by atoms with van der Waals surface area (Å²) in [4.78, 5) is 12.2. The van der Waals surface area contributed by atoms with E-state index in [1.165, 1.54) is 25.7 Å². The Morgan fingerprint density at radius 1 is 1.22 bits per heavy atom. The van der Waals surface area contributed by atoms with Gasteiger partial charge < -0.3 is 10.1 Å². The predicted molar refractivity (Wildman–Crippen MR) is 70.6 cm³/mol. The van der Waals surface area contributed by atoms with E-state index in [9.17, 15) is 4.79 Å². The lowest BCUT2D eigenvalue weighted by atomic mass is 10.0. The second kappa shape index (κ2) is 4.63. The van der Waals surface area contributed by atoms with Gasteiger partial charge in [-0.2, -0.15) is 0 Å². The van der Waals surface area contributed by atoms with Crippen LogP contribution in [-0.4, -0.2) is 13.0 Å². The number of methoxy groups -OCH3 is 1. The number of rotatable bonds is 3. The van der Waals surface area contributed by atoms with Crippen LogP contribution in [0.3, 0.4) is 0 Å². The summed E-state index contributed by atoms with van der Waals surface area (Å²) in [5.41, 5.74) is 0.786. The number of amides is 1. The van der Waals surface area contributed by atoms with Crippen molar-refractivity contribution in [3.63, 3.8) is 0 Å². The fraction of sp³-hybridized carbons (Fsp3) is 0.533. The van der Waals surface area contributed by atoms with Crippen LogP contribution in [0.15, 0.2) is 24.3 Å². The van der Waals surface area contributed by atoms with Gasteiger partial charge in [-0.15, -0.1) is 0 Å². The molecule has 1 aromatic rings. The van der Waals surface area contributed by atoms with Gasteiger partial charge in [-0.25, -0.2) is 0 Å². The maximum Gasteiger partial charge on any atom is 0.228 e. The lowest BCUT2D eigenvalue weighted by Gasteiger charge is -2.09. The third-order valence-corrected chi connectivity index (χ3v) is 4.32. The summed E-state index contributed by atoms with van der Waals surface area (Å²) in [7, 11) is 1.63. The topological polar surface area (TPSA) is 38.3 Å². The molecule has 2 aliphatic carbocycles. The van der Waals surface area contributed by atoms with E-state index < -0.39 is 0 Å². The van der Waals surface area contributed by atoms with Crippen LogP contribution in [0.1, 0.15) is 25.7 Å². The quantitative estimate of drug-likeness (QED) is 0.888. The van der Waals surface area contributed by atoms with Crippen molar-refractivity contribution >= 4 is 11.6 Å². The zero-order valence-electron chi connectivity index (χ0n) is 10.7. The van der Waals surface area contributed by atoms with E-state index in [1.807, 2.05) is 24.3 Å². The van der Waals surface area contributed by atoms with E-state index in [0.29, 0.717) is 11.8 Å². The van der Waals surface area contributed by atoms with Crippen molar-refractivity contribution in [2.75, 3.05) is 12.4 Å². The molecule has 0 unspecified atom stereocenters. The number of carbonyl (C=O) groups excluding carboxylic acids is 1. The molecule has 0 spiro atoms. The van der Waals surface area contributed by atoms with Crippen LogP contribution in [0.25, 0.3) is 0 Å². The molecule has 1 aromatic carbocycles. The Bertz CT molecular complexity index is 446. The number of nitrogens with one attached hydrogen (secondary N) is 1. The molecule has 1 amide bonds. The number of carbonyl (C=O) groups is 1. The number of benzene rings is 1. The Morgan fingerprint density at radius 2 is 1.89 bits per heavy atom. The monoisotopic (exact) mass is 245 g/mol. The standard InChI is InChI=1S/C15H19NO2/c1-18-13-9-5-4-8-12(13)16-15(17)14-10-6-2-3-7-11(10)14/h4-5,8-11,14H,2-3,6-7H2,1H3,(H,16,17)/t10-,11-/m1/s1. The second-order valence-electron chi connectivity index (χ2n) is 5.33. The van der Waals surface area contributed by atoms with Crippen molar-refractivity contribution in [3.05, 3.63) is 24.3 Å². The molecule has 0 aromatic heterocycles. The van der Waals surface area contributed by atoms with Gasteiger partial charge in [-0.05, 0) is 36.8 Å². The normalized spacial score (nSPS) is 29.3. The van der Waals surface area contributed by atoms with Gasteiger partial charge in [0.1, 0.15) is 5.75 Å². The number of fused-ring (bicyclic) bond motifs is 1. The Balaban J connectivity index is 1.68. The van der Waals surface area contributed by atoms with E-state index in [2.05, 4.69) is 5.32 Å². The number of hydrogen-bond donors (Lipinski definition) is 1. The molecule has 0 bridgehead atoms. The van der Waals surface area contributed by atoms with Gasteiger partial charge in [-0.1, -0.05) is 25.0 Å². The third kappa shape index (κ3) is 1.98. The first kappa shape index (κ1) is 11.6. The molecule has 0 saturated heterocycles. The largest absolute Gasteiger partial charge is 0.495 e. The summed E-state index contributed by atoms with van der Waals surface area (Å²) >= 11 is 0. The highest BCUT2D eigenvalue weighted by Gasteiger charge is 2.54. The average molecular weight is 245 g/mol. The molecule has 2 atom stereocenters. The van der Waals surface area contributed by atoms with Crippen LogP contribution in [0, 0.1) is 17.8 Å². The Labute approximate surface area is 108 Å². The molecule has 96 valence electrons. The van der Waals surface area contributed by atoms with Crippen molar-refractivity contribution in [1.29, 1.82) is 0 Å². The minimum atomic E-state index is 0.177. The van der Waals surface area contributed by atoms with Crippen molar-refractivity contribution in [1.82, 2.24) is 0 Å². The summed E-state index contributed by atoms with van der Waals surface area (Å²) < 4.78 is 5.25. The predicted octanol–water partition coefficient (Wildman–Crippen LogP) is 3.07. The molecule has 2 fully saturated rings. The van der Waals surface area contributed by atoms with Gasteiger partial charge in [0.2, 0.25) is 5.91 Å². The van der Waals surface area contributed by atoms with Gasteiger partial charge in [0, 0.05) is 5.92 Å². The van der Waals surface area contributed by atoms with E-state index in [1.54, 1.807) is 7.11 Å². The number of para-hydroxylation sites is 2. The summed E-state index contributed by atoms with van der Waals surface area (Å²) in [5.74, 6) is 2.45. The highest BCUT2D eigenvalue weighted by molar-refractivity contribution is 5.96. The van der Waals surface area contributed by atoms with Crippen molar-refractivity contribution in [2.24, 2.45) is 17.8 Å².